The van der Waals surface area contributed by atoms with Crippen molar-refractivity contribution in [1.29, 1.82) is 0 Å². The van der Waals surface area contributed by atoms with Gasteiger partial charge in [0.25, 0.3) is 0 Å². The summed E-state index contributed by atoms with van der Waals surface area (Å²) in [5, 5.41) is 4.26. The number of hydrogen-bond donors (Lipinski definition) is 1. The van der Waals surface area contributed by atoms with Crippen LogP contribution >= 0.6 is 0 Å². The molecule has 0 amide bonds. The maximum absolute atomic E-state index is 5.91. The molecule has 0 saturated carbocycles. The van der Waals surface area contributed by atoms with Crippen LogP contribution in [0.1, 0.15) is 38.3 Å². The van der Waals surface area contributed by atoms with Gasteiger partial charge in [0, 0.05) is 37.6 Å². The Hall–Kier alpha value is -0.870. The Morgan fingerprint density at radius 3 is 3.00 bits per heavy atom. The second-order valence-corrected chi connectivity index (χ2v) is 3.60. The summed E-state index contributed by atoms with van der Waals surface area (Å²) in [5.41, 5.74) is 7.03. The molecule has 0 spiro atoms. The molecular weight excluding hydrogens is 190 g/mol. The van der Waals surface area contributed by atoms with E-state index in [-0.39, 0.29) is 6.04 Å². The minimum absolute atomic E-state index is 0.116. The normalized spacial score (nSPS) is 13.0. The van der Waals surface area contributed by atoms with Crippen LogP contribution in [0, 0.1) is 0 Å². The van der Waals surface area contributed by atoms with E-state index in [0.29, 0.717) is 0 Å². The van der Waals surface area contributed by atoms with E-state index in [1.807, 2.05) is 24.0 Å². The van der Waals surface area contributed by atoms with Gasteiger partial charge >= 0.3 is 0 Å². The van der Waals surface area contributed by atoms with Gasteiger partial charge < -0.3 is 10.5 Å². The van der Waals surface area contributed by atoms with E-state index in [0.717, 1.165) is 38.2 Å². The van der Waals surface area contributed by atoms with Crippen molar-refractivity contribution < 1.29 is 4.74 Å². The SMILES string of the molecule is CCOCCCn1cc(C(N)CC)cn1. The highest BCUT2D eigenvalue weighted by Gasteiger charge is 2.05. The molecule has 0 aliphatic rings. The lowest BCUT2D eigenvalue weighted by molar-refractivity contribution is 0.141. The molecule has 86 valence electrons. The summed E-state index contributed by atoms with van der Waals surface area (Å²) in [5.74, 6) is 0. The zero-order valence-electron chi connectivity index (χ0n) is 9.65. The second kappa shape index (κ2) is 6.58. The highest BCUT2D eigenvalue weighted by molar-refractivity contribution is 5.08. The van der Waals surface area contributed by atoms with Crippen LogP contribution in [0.4, 0.5) is 0 Å². The minimum atomic E-state index is 0.116. The fourth-order valence-corrected chi connectivity index (χ4v) is 1.40. The summed E-state index contributed by atoms with van der Waals surface area (Å²) in [7, 11) is 0. The van der Waals surface area contributed by atoms with Crippen LogP contribution in [-0.2, 0) is 11.3 Å². The Morgan fingerprint density at radius 2 is 2.33 bits per heavy atom. The molecule has 0 aliphatic carbocycles. The van der Waals surface area contributed by atoms with Crippen LogP contribution in [0.2, 0.25) is 0 Å². The molecule has 4 heteroatoms. The van der Waals surface area contributed by atoms with E-state index in [1.54, 1.807) is 0 Å². The number of ether oxygens (including phenoxy) is 1. The van der Waals surface area contributed by atoms with E-state index in [2.05, 4.69) is 12.0 Å². The van der Waals surface area contributed by atoms with E-state index < -0.39 is 0 Å². The Balaban J connectivity index is 2.33. The number of nitrogens with zero attached hydrogens (tertiary/aromatic N) is 2. The van der Waals surface area contributed by atoms with Crippen molar-refractivity contribution in [3.8, 4) is 0 Å². The fourth-order valence-electron chi connectivity index (χ4n) is 1.40. The Labute approximate surface area is 91.4 Å². The molecule has 4 nitrogen and oxygen atoms in total. The minimum Gasteiger partial charge on any atom is -0.382 e. The van der Waals surface area contributed by atoms with Crippen molar-refractivity contribution in [1.82, 2.24) is 9.78 Å². The number of rotatable bonds is 7. The highest BCUT2D eigenvalue weighted by atomic mass is 16.5. The lowest BCUT2D eigenvalue weighted by Crippen LogP contribution is -2.07. The third kappa shape index (κ3) is 4.01. The lowest BCUT2D eigenvalue weighted by atomic mass is 10.1. The average Bonchev–Trinajstić information content (AvgIpc) is 2.72. The maximum atomic E-state index is 5.91. The Kier molecular flexibility index (Phi) is 5.36. The molecule has 1 rings (SSSR count). The zero-order valence-corrected chi connectivity index (χ0v) is 9.65. The molecule has 1 unspecified atom stereocenters. The van der Waals surface area contributed by atoms with Crippen molar-refractivity contribution in [3.63, 3.8) is 0 Å². The summed E-state index contributed by atoms with van der Waals surface area (Å²) < 4.78 is 7.20. The van der Waals surface area contributed by atoms with E-state index in [9.17, 15) is 0 Å². The molecule has 1 atom stereocenters. The van der Waals surface area contributed by atoms with Crippen molar-refractivity contribution >= 4 is 0 Å². The number of nitrogens with two attached hydrogens (primary N) is 1. The van der Waals surface area contributed by atoms with E-state index in [1.165, 1.54) is 0 Å². The van der Waals surface area contributed by atoms with Gasteiger partial charge in [0.1, 0.15) is 0 Å². The van der Waals surface area contributed by atoms with Gasteiger partial charge in [0.2, 0.25) is 0 Å². The summed E-state index contributed by atoms with van der Waals surface area (Å²) in [6.45, 7) is 6.57. The summed E-state index contributed by atoms with van der Waals surface area (Å²) in [4.78, 5) is 0. The van der Waals surface area contributed by atoms with Crippen LogP contribution in [0.25, 0.3) is 0 Å². The monoisotopic (exact) mass is 211 g/mol. The third-order valence-corrected chi connectivity index (χ3v) is 2.40. The Morgan fingerprint density at radius 1 is 1.53 bits per heavy atom. The first-order valence-electron chi connectivity index (χ1n) is 5.63. The first-order chi connectivity index (χ1) is 7.27. The molecule has 0 aliphatic heterocycles. The molecule has 1 aromatic rings. The molecule has 1 heterocycles. The van der Waals surface area contributed by atoms with Crippen LogP contribution in [-0.4, -0.2) is 23.0 Å². The molecule has 2 N–H and O–H groups in total. The quantitative estimate of drug-likeness (QED) is 0.699. The number of hydrogen-bond acceptors (Lipinski definition) is 3. The van der Waals surface area contributed by atoms with Crippen molar-refractivity contribution in [3.05, 3.63) is 18.0 Å². The predicted octanol–water partition coefficient (Wildman–Crippen LogP) is 1.72. The molecular formula is C11H21N3O. The molecule has 0 saturated heterocycles. The average molecular weight is 211 g/mol. The standard InChI is InChI=1S/C11H21N3O/c1-3-11(12)10-8-13-14(9-10)6-5-7-15-4-2/h8-9,11H,3-7,12H2,1-2H3. The summed E-state index contributed by atoms with van der Waals surface area (Å²) >= 11 is 0. The third-order valence-electron chi connectivity index (χ3n) is 2.40. The van der Waals surface area contributed by atoms with Crippen LogP contribution < -0.4 is 5.73 Å². The first kappa shape index (κ1) is 12.2. The molecule has 0 bridgehead atoms. The number of aromatic nitrogens is 2. The van der Waals surface area contributed by atoms with Crippen LogP contribution in [0.3, 0.4) is 0 Å². The topological polar surface area (TPSA) is 53.1 Å². The highest BCUT2D eigenvalue weighted by Crippen LogP contribution is 2.11. The molecule has 15 heavy (non-hydrogen) atoms. The van der Waals surface area contributed by atoms with Crippen molar-refractivity contribution in [2.75, 3.05) is 13.2 Å². The maximum Gasteiger partial charge on any atom is 0.0537 e. The lowest BCUT2D eigenvalue weighted by Gasteiger charge is -2.04. The Bertz CT molecular complexity index is 273. The van der Waals surface area contributed by atoms with E-state index >= 15 is 0 Å². The van der Waals surface area contributed by atoms with Gasteiger partial charge in [-0.15, -0.1) is 0 Å². The van der Waals surface area contributed by atoms with Crippen molar-refractivity contribution in [2.24, 2.45) is 5.73 Å². The van der Waals surface area contributed by atoms with Gasteiger partial charge in [0.15, 0.2) is 0 Å². The fraction of sp³-hybridized carbons (Fsp3) is 0.727. The van der Waals surface area contributed by atoms with Gasteiger partial charge in [-0.05, 0) is 19.8 Å². The molecule has 1 aromatic heterocycles. The second-order valence-electron chi connectivity index (χ2n) is 3.60. The molecule has 0 fully saturated rings. The summed E-state index contributed by atoms with van der Waals surface area (Å²) in [6.07, 6.45) is 5.83. The predicted molar refractivity (Wildman–Crippen MR) is 60.6 cm³/mol. The van der Waals surface area contributed by atoms with Gasteiger partial charge in [-0.1, -0.05) is 6.92 Å². The number of aryl methyl sites for hydroxylation is 1. The van der Waals surface area contributed by atoms with Crippen molar-refractivity contribution in [2.45, 2.75) is 39.3 Å². The first-order valence-corrected chi connectivity index (χ1v) is 5.63. The largest absolute Gasteiger partial charge is 0.382 e. The van der Waals surface area contributed by atoms with Crippen LogP contribution in [0.15, 0.2) is 12.4 Å². The molecule has 0 radical (unpaired) electrons. The van der Waals surface area contributed by atoms with E-state index in [4.69, 9.17) is 10.5 Å². The van der Waals surface area contributed by atoms with Gasteiger partial charge in [-0.25, -0.2) is 0 Å². The van der Waals surface area contributed by atoms with Gasteiger partial charge in [0.05, 0.1) is 6.20 Å². The molecule has 0 aromatic carbocycles. The zero-order chi connectivity index (χ0) is 11.1. The van der Waals surface area contributed by atoms with Gasteiger partial charge in [-0.3, -0.25) is 4.68 Å². The van der Waals surface area contributed by atoms with Crippen LogP contribution in [0.5, 0.6) is 0 Å². The summed E-state index contributed by atoms with van der Waals surface area (Å²) in [6, 6.07) is 0.116. The van der Waals surface area contributed by atoms with Gasteiger partial charge in [-0.2, -0.15) is 5.10 Å². The smallest absolute Gasteiger partial charge is 0.0537 e.